The number of aromatic nitrogens is 1. The molecule has 0 bridgehead atoms. The second-order valence-electron chi connectivity index (χ2n) is 5.73. The van der Waals surface area contributed by atoms with Gasteiger partial charge in [0.2, 0.25) is 0 Å². The summed E-state index contributed by atoms with van der Waals surface area (Å²) in [6.07, 6.45) is 5.57. The SMILES string of the molecule is CC[C@@H](N)c1ccc(N(CC(C)C)C2CC2)cn1. The predicted molar refractivity (Wildman–Crippen MR) is 76.7 cm³/mol. The first-order valence-corrected chi connectivity index (χ1v) is 7.10. The number of anilines is 1. The van der Waals surface area contributed by atoms with Crippen molar-refractivity contribution in [3.63, 3.8) is 0 Å². The zero-order chi connectivity index (χ0) is 13.1. The van der Waals surface area contributed by atoms with Crippen LogP contribution in [0.1, 0.15) is 51.8 Å². The Morgan fingerprint density at radius 2 is 2.11 bits per heavy atom. The van der Waals surface area contributed by atoms with Gasteiger partial charge in [0, 0.05) is 18.6 Å². The van der Waals surface area contributed by atoms with E-state index in [0.29, 0.717) is 5.92 Å². The van der Waals surface area contributed by atoms with Crippen molar-refractivity contribution in [2.45, 2.75) is 52.1 Å². The lowest BCUT2D eigenvalue weighted by atomic mass is 10.1. The van der Waals surface area contributed by atoms with E-state index in [9.17, 15) is 0 Å². The molecule has 1 aliphatic rings. The van der Waals surface area contributed by atoms with Gasteiger partial charge in [-0.15, -0.1) is 0 Å². The van der Waals surface area contributed by atoms with Gasteiger partial charge in [-0.1, -0.05) is 20.8 Å². The Hall–Kier alpha value is -1.09. The Balaban J connectivity index is 2.10. The van der Waals surface area contributed by atoms with Crippen LogP contribution in [0.15, 0.2) is 18.3 Å². The van der Waals surface area contributed by atoms with Crippen LogP contribution < -0.4 is 10.6 Å². The highest BCUT2D eigenvalue weighted by Crippen LogP contribution is 2.32. The lowest BCUT2D eigenvalue weighted by Gasteiger charge is -2.26. The van der Waals surface area contributed by atoms with Crippen molar-refractivity contribution in [3.8, 4) is 0 Å². The van der Waals surface area contributed by atoms with E-state index in [1.807, 2.05) is 6.20 Å². The zero-order valence-electron chi connectivity index (χ0n) is 11.8. The molecule has 1 atom stereocenters. The van der Waals surface area contributed by atoms with E-state index in [1.165, 1.54) is 18.5 Å². The van der Waals surface area contributed by atoms with Crippen LogP contribution in [0.5, 0.6) is 0 Å². The molecular weight excluding hydrogens is 222 g/mol. The molecule has 0 saturated heterocycles. The van der Waals surface area contributed by atoms with E-state index in [1.54, 1.807) is 0 Å². The van der Waals surface area contributed by atoms with Gasteiger partial charge in [-0.25, -0.2) is 0 Å². The molecule has 1 aromatic rings. The summed E-state index contributed by atoms with van der Waals surface area (Å²) >= 11 is 0. The predicted octanol–water partition coefficient (Wildman–Crippen LogP) is 3.12. The molecule has 0 spiro atoms. The molecule has 18 heavy (non-hydrogen) atoms. The van der Waals surface area contributed by atoms with Crippen LogP contribution in [-0.2, 0) is 0 Å². The van der Waals surface area contributed by atoms with E-state index in [2.05, 4.69) is 42.8 Å². The fraction of sp³-hybridized carbons (Fsp3) is 0.667. The Morgan fingerprint density at radius 3 is 2.56 bits per heavy atom. The van der Waals surface area contributed by atoms with E-state index < -0.39 is 0 Å². The van der Waals surface area contributed by atoms with E-state index in [-0.39, 0.29) is 6.04 Å². The third kappa shape index (κ3) is 3.22. The molecule has 1 heterocycles. The van der Waals surface area contributed by atoms with Gasteiger partial charge in [-0.05, 0) is 37.3 Å². The van der Waals surface area contributed by atoms with Gasteiger partial charge in [0.25, 0.3) is 0 Å². The highest BCUT2D eigenvalue weighted by molar-refractivity contribution is 5.47. The van der Waals surface area contributed by atoms with Crippen molar-refractivity contribution in [1.29, 1.82) is 0 Å². The van der Waals surface area contributed by atoms with Crippen LogP contribution in [0.25, 0.3) is 0 Å². The van der Waals surface area contributed by atoms with Crippen molar-refractivity contribution < 1.29 is 0 Å². The summed E-state index contributed by atoms with van der Waals surface area (Å²) in [6, 6.07) is 5.07. The van der Waals surface area contributed by atoms with Crippen molar-refractivity contribution in [3.05, 3.63) is 24.0 Å². The lowest BCUT2D eigenvalue weighted by molar-refractivity contribution is 0.605. The Bertz CT molecular complexity index is 368. The van der Waals surface area contributed by atoms with Crippen LogP contribution in [0.3, 0.4) is 0 Å². The van der Waals surface area contributed by atoms with Gasteiger partial charge >= 0.3 is 0 Å². The van der Waals surface area contributed by atoms with Crippen molar-refractivity contribution in [2.24, 2.45) is 11.7 Å². The van der Waals surface area contributed by atoms with Crippen LogP contribution in [0.4, 0.5) is 5.69 Å². The fourth-order valence-corrected chi connectivity index (χ4v) is 2.24. The topological polar surface area (TPSA) is 42.1 Å². The smallest absolute Gasteiger partial charge is 0.0572 e. The first kappa shape index (κ1) is 13.3. The monoisotopic (exact) mass is 247 g/mol. The molecule has 3 heteroatoms. The van der Waals surface area contributed by atoms with Gasteiger partial charge in [0.1, 0.15) is 0 Å². The minimum Gasteiger partial charge on any atom is -0.367 e. The van der Waals surface area contributed by atoms with Crippen LogP contribution in [0, 0.1) is 5.92 Å². The largest absolute Gasteiger partial charge is 0.367 e. The molecule has 100 valence electrons. The van der Waals surface area contributed by atoms with E-state index >= 15 is 0 Å². The molecule has 1 aliphatic carbocycles. The van der Waals surface area contributed by atoms with Gasteiger partial charge in [-0.2, -0.15) is 0 Å². The Kier molecular flexibility index (Phi) is 4.23. The highest BCUT2D eigenvalue weighted by Gasteiger charge is 2.29. The maximum Gasteiger partial charge on any atom is 0.0572 e. The van der Waals surface area contributed by atoms with E-state index in [4.69, 9.17) is 5.73 Å². The number of rotatable bonds is 6. The second kappa shape index (κ2) is 5.70. The van der Waals surface area contributed by atoms with Crippen LogP contribution >= 0.6 is 0 Å². The maximum absolute atomic E-state index is 6.00. The molecule has 0 unspecified atom stereocenters. The summed E-state index contributed by atoms with van der Waals surface area (Å²) < 4.78 is 0. The Morgan fingerprint density at radius 1 is 1.39 bits per heavy atom. The standard InChI is InChI=1S/C15H25N3/c1-4-14(16)15-8-7-13(9-17-15)18(10-11(2)3)12-5-6-12/h7-9,11-12,14H,4-6,10,16H2,1-3H3/t14-/m1/s1. The van der Waals surface area contributed by atoms with Crippen molar-refractivity contribution in [2.75, 3.05) is 11.4 Å². The highest BCUT2D eigenvalue weighted by atomic mass is 15.2. The normalized spacial score (nSPS) is 16.9. The van der Waals surface area contributed by atoms with Gasteiger partial charge in [-0.3, -0.25) is 4.98 Å². The number of hydrogen-bond acceptors (Lipinski definition) is 3. The summed E-state index contributed by atoms with van der Waals surface area (Å²) in [6.45, 7) is 7.75. The fourth-order valence-electron chi connectivity index (χ4n) is 2.24. The first-order chi connectivity index (χ1) is 8.61. The molecule has 3 nitrogen and oxygen atoms in total. The molecule has 1 fully saturated rings. The molecular formula is C15H25N3. The number of nitrogens with two attached hydrogens (primary N) is 1. The lowest BCUT2D eigenvalue weighted by Crippen LogP contribution is -2.30. The molecule has 2 N–H and O–H groups in total. The molecule has 1 aromatic heterocycles. The summed E-state index contributed by atoms with van der Waals surface area (Å²) in [5.74, 6) is 0.683. The molecule has 0 amide bonds. The van der Waals surface area contributed by atoms with Crippen LogP contribution in [-0.4, -0.2) is 17.6 Å². The summed E-state index contributed by atoms with van der Waals surface area (Å²) in [4.78, 5) is 7.02. The molecule has 0 radical (unpaired) electrons. The van der Waals surface area contributed by atoms with Gasteiger partial charge in [0.15, 0.2) is 0 Å². The zero-order valence-corrected chi connectivity index (χ0v) is 11.8. The Labute approximate surface area is 110 Å². The number of pyridine rings is 1. The minimum absolute atomic E-state index is 0.0681. The quantitative estimate of drug-likeness (QED) is 0.840. The summed E-state index contributed by atoms with van der Waals surface area (Å²) in [5.41, 5.74) is 8.25. The van der Waals surface area contributed by atoms with Crippen molar-refractivity contribution >= 4 is 5.69 Å². The first-order valence-electron chi connectivity index (χ1n) is 7.10. The third-order valence-electron chi connectivity index (χ3n) is 3.47. The number of hydrogen-bond donors (Lipinski definition) is 1. The van der Waals surface area contributed by atoms with E-state index in [0.717, 1.165) is 24.7 Å². The van der Waals surface area contributed by atoms with Gasteiger partial charge < -0.3 is 10.6 Å². The molecule has 0 aromatic carbocycles. The van der Waals surface area contributed by atoms with Crippen molar-refractivity contribution in [1.82, 2.24) is 4.98 Å². The van der Waals surface area contributed by atoms with Gasteiger partial charge in [0.05, 0.1) is 17.6 Å². The number of nitrogens with zero attached hydrogens (tertiary/aromatic N) is 2. The summed E-state index contributed by atoms with van der Waals surface area (Å²) in [7, 11) is 0. The van der Waals surface area contributed by atoms with Crippen LogP contribution in [0.2, 0.25) is 0 Å². The average molecular weight is 247 g/mol. The summed E-state index contributed by atoms with van der Waals surface area (Å²) in [5, 5.41) is 0. The minimum atomic E-state index is 0.0681. The second-order valence-corrected chi connectivity index (χ2v) is 5.73. The third-order valence-corrected chi connectivity index (χ3v) is 3.47. The maximum atomic E-state index is 6.00. The molecule has 2 rings (SSSR count). The average Bonchev–Trinajstić information content (AvgIpc) is 3.19. The molecule has 0 aliphatic heterocycles. The molecule has 1 saturated carbocycles.